The van der Waals surface area contributed by atoms with Crippen molar-refractivity contribution in [1.29, 1.82) is 0 Å². The van der Waals surface area contributed by atoms with Gasteiger partial charge in [0, 0.05) is 12.5 Å². The van der Waals surface area contributed by atoms with Crippen LogP contribution in [0.15, 0.2) is 48.5 Å². The molecule has 1 aliphatic heterocycles. The largest absolute Gasteiger partial charge is 0.480 e. The van der Waals surface area contributed by atoms with Crippen molar-refractivity contribution in [2.24, 2.45) is 0 Å². The highest BCUT2D eigenvalue weighted by Gasteiger charge is 2.32. The maximum atomic E-state index is 12.2. The molecule has 2 aromatic rings. The van der Waals surface area contributed by atoms with Crippen LogP contribution < -0.4 is 5.32 Å². The zero-order valence-corrected chi connectivity index (χ0v) is 17.2. The van der Waals surface area contributed by atoms with Gasteiger partial charge in [0.2, 0.25) is 0 Å². The quantitative estimate of drug-likeness (QED) is 0.712. The highest BCUT2D eigenvalue weighted by Crippen LogP contribution is 2.44. The molecular weight excluding hydrogens is 412 g/mol. The van der Waals surface area contributed by atoms with Gasteiger partial charge in [-0.2, -0.15) is 0 Å². The van der Waals surface area contributed by atoms with Gasteiger partial charge in [-0.1, -0.05) is 54.5 Å². The summed E-state index contributed by atoms with van der Waals surface area (Å²) in [5.41, 5.74) is 4.52. The van der Waals surface area contributed by atoms with Crippen molar-refractivity contribution >= 4 is 18.0 Å². The van der Waals surface area contributed by atoms with E-state index in [4.69, 9.17) is 9.47 Å². The first-order chi connectivity index (χ1) is 15.6. The first kappa shape index (κ1) is 21.4. The van der Waals surface area contributed by atoms with Gasteiger partial charge in [0.05, 0.1) is 19.8 Å². The van der Waals surface area contributed by atoms with E-state index in [9.17, 15) is 19.5 Å². The fraction of sp³-hybridized carbons (Fsp3) is 0.292. The molecule has 2 N–H and O–H groups in total. The molecule has 8 heteroatoms. The highest BCUT2D eigenvalue weighted by atomic mass is 16.5. The maximum absolute atomic E-state index is 12.2. The van der Waals surface area contributed by atoms with E-state index in [2.05, 4.69) is 29.3 Å². The Morgan fingerprint density at radius 3 is 2.41 bits per heavy atom. The van der Waals surface area contributed by atoms with Crippen LogP contribution in [0.4, 0.5) is 4.79 Å². The number of rotatable bonds is 4. The lowest BCUT2D eigenvalue weighted by Gasteiger charge is -2.31. The zero-order valence-electron chi connectivity index (χ0n) is 17.2. The molecule has 4 rings (SSSR count). The first-order valence-corrected chi connectivity index (χ1v) is 10.2. The second kappa shape index (κ2) is 9.54. The molecular formula is C24H22N2O6. The number of amides is 2. The van der Waals surface area contributed by atoms with Crippen molar-refractivity contribution in [2.45, 2.75) is 12.0 Å². The minimum atomic E-state index is -1.14. The number of carbonyl (C=O) groups excluding carboxylic acids is 2. The normalized spacial score (nSPS) is 16.9. The van der Waals surface area contributed by atoms with E-state index in [0.717, 1.165) is 27.2 Å². The predicted octanol–water partition coefficient (Wildman–Crippen LogP) is 1.84. The third-order valence-electron chi connectivity index (χ3n) is 5.53. The van der Waals surface area contributed by atoms with Gasteiger partial charge in [0.25, 0.3) is 5.91 Å². The molecule has 1 unspecified atom stereocenters. The van der Waals surface area contributed by atoms with Crippen LogP contribution in [0.1, 0.15) is 17.0 Å². The van der Waals surface area contributed by atoms with Crippen molar-refractivity contribution in [3.63, 3.8) is 0 Å². The summed E-state index contributed by atoms with van der Waals surface area (Å²) in [6.07, 6.45) is -0.636. The molecule has 1 fully saturated rings. The van der Waals surface area contributed by atoms with Crippen molar-refractivity contribution in [3.8, 4) is 23.0 Å². The Balaban J connectivity index is 1.30. The zero-order chi connectivity index (χ0) is 22.5. The number of aliphatic carboxylic acids is 1. The molecule has 0 spiro atoms. The Labute approximate surface area is 185 Å². The fourth-order valence-corrected chi connectivity index (χ4v) is 4.01. The van der Waals surface area contributed by atoms with Crippen molar-refractivity contribution in [1.82, 2.24) is 10.2 Å². The summed E-state index contributed by atoms with van der Waals surface area (Å²) >= 11 is 0. The van der Waals surface area contributed by atoms with Gasteiger partial charge in [0.15, 0.2) is 6.04 Å². The number of hydrogen-bond acceptors (Lipinski definition) is 5. The Bertz CT molecular complexity index is 1060. The lowest BCUT2D eigenvalue weighted by atomic mass is 9.98. The summed E-state index contributed by atoms with van der Waals surface area (Å²) in [7, 11) is 0. The van der Waals surface area contributed by atoms with E-state index in [1.807, 2.05) is 36.4 Å². The fourth-order valence-electron chi connectivity index (χ4n) is 4.01. The smallest absolute Gasteiger partial charge is 0.407 e. The number of alkyl carbamates (subject to hydrolysis) is 1. The standard InChI is InChI=1S/C24H22N2O6/c27-22(26-12-13-31-15-21(26)23(28)29)10-5-11-25-24(30)32-14-20-18-8-3-1-6-16(18)17-7-2-4-9-19(17)20/h1-4,6-9,20-21H,11-15H2,(H,25,30)(H,28,29). The van der Waals surface area contributed by atoms with E-state index >= 15 is 0 Å². The number of benzene rings is 2. The Hall–Kier alpha value is -3.83. The maximum Gasteiger partial charge on any atom is 0.407 e. The molecule has 164 valence electrons. The summed E-state index contributed by atoms with van der Waals surface area (Å²) < 4.78 is 10.5. The van der Waals surface area contributed by atoms with Gasteiger partial charge < -0.3 is 24.8 Å². The molecule has 2 amide bonds. The van der Waals surface area contributed by atoms with Crippen LogP contribution in [0.3, 0.4) is 0 Å². The predicted molar refractivity (Wildman–Crippen MR) is 115 cm³/mol. The molecule has 32 heavy (non-hydrogen) atoms. The van der Waals surface area contributed by atoms with Gasteiger partial charge in [-0.25, -0.2) is 9.59 Å². The van der Waals surface area contributed by atoms with Crippen LogP contribution in [0.25, 0.3) is 11.1 Å². The van der Waals surface area contributed by atoms with Crippen LogP contribution in [-0.4, -0.2) is 66.9 Å². The molecule has 1 atom stereocenters. The number of carboxylic acids is 1. The number of hydrogen-bond donors (Lipinski definition) is 2. The van der Waals surface area contributed by atoms with Crippen LogP contribution in [0.2, 0.25) is 0 Å². The number of fused-ring (bicyclic) bond motifs is 3. The Morgan fingerprint density at radius 2 is 1.75 bits per heavy atom. The topological polar surface area (TPSA) is 105 Å². The summed E-state index contributed by atoms with van der Waals surface area (Å²) in [6.45, 7) is 0.436. The number of nitrogens with one attached hydrogen (secondary N) is 1. The average molecular weight is 434 g/mol. The summed E-state index contributed by atoms with van der Waals surface area (Å²) in [5, 5.41) is 11.7. The van der Waals surface area contributed by atoms with E-state index in [1.165, 1.54) is 0 Å². The van der Waals surface area contributed by atoms with Crippen molar-refractivity contribution in [3.05, 3.63) is 59.7 Å². The van der Waals surface area contributed by atoms with Crippen molar-refractivity contribution in [2.75, 3.05) is 32.9 Å². The highest BCUT2D eigenvalue weighted by molar-refractivity contribution is 5.96. The van der Waals surface area contributed by atoms with Crippen LogP contribution in [0, 0.1) is 11.8 Å². The van der Waals surface area contributed by atoms with E-state index in [0.29, 0.717) is 0 Å². The Morgan fingerprint density at radius 1 is 1.09 bits per heavy atom. The van der Waals surface area contributed by atoms with Crippen molar-refractivity contribution < 1.29 is 29.0 Å². The summed E-state index contributed by atoms with van der Waals surface area (Å²) in [5.74, 6) is 3.10. The molecule has 0 aromatic heterocycles. The summed E-state index contributed by atoms with van der Waals surface area (Å²) in [4.78, 5) is 36.7. The summed E-state index contributed by atoms with van der Waals surface area (Å²) in [6, 6.07) is 15.0. The Kier molecular flexibility index (Phi) is 6.38. The number of ether oxygens (including phenoxy) is 2. The molecule has 1 aliphatic carbocycles. The lowest BCUT2D eigenvalue weighted by Crippen LogP contribution is -2.52. The third kappa shape index (κ3) is 4.43. The average Bonchev–Trinajstić information content (AvgIpc) is 3.14. The van der Waals surface area contributed by atoms with E-state index in [1.54, 1.807) is 0 Å². The molecule has 2 aromatic carbocycles. The molecule has 0 radical (unpaired) electrons. The molecule has 1 saturated heterocycles. The second-order valence-corrected chi connectivity index (χ2v) is 7.41. The number of morpholine rings is 1. The number of carboxylic acid groups (broad SMARTS) is 1. The monoisotopic (exact) mass is 434 g/mol. The van der Waals surface area contributed by atoms with Crippen LogP contribution in [-0.2, 0) is 19.1 Å². The minimum absolute atomic E-state index is 0.0462. The number of carbonyl (C=O) groups is 3. The molecule has 8 nitrogen and oxygen atoms in total. The number of nitrogens with zero attached hydrogens (tertiary/aromatic N) is 1. The van der Waals surface area contributed by atoms with Gasteiger partial charge in [0.1, 0.15) is 6.61 Å². The lowest BCUT2D eigenvalue weighted by molar-refractivity contribution is -0.155. The van der Waals surface area contributed by atoms with E-state index in [-0.39, 0.29) is 38.8 Å². The van der Waals surface area contributed by atoms with Gasteiger partial charge >= 0.3 is 12.1 Å². The minimum Gasteiger partial charge on any atom is -0.480 e. The first-order valence-electron chi connectivity index (χ1n) is 10.2. The van der Waals surface area contributed by atoms with Crippen LogP contribution in [0.5, 0.6) is 0 Å². The molecule has 1 heterocycles. The van der Waals surface area contributed by atoms with Gasteiger partial charge in [-0.3, -0.25) is 4.79 Å². The molecule has 0 bridgehead atoms. The SMILES string of the molecule is O=C(NCC#CC(=O)N1CCOCC1C(=O)O)OCC1c2ccccc2-c2ccccc21. The molecule has 0 saturated carbocycles. The van der Waals surface area contributed by atoms with E-state index < -0.39 is 24.0 Å². The van der Waals surface area contributed by atoms with Gasteiger partial charge in [-0.15, -0.1) is 0 Å². The molecule has 2 aliphatic rings. The second-order valence-electron chi connectivity index (χ2n) is 7.41. The third-order valence-corrected chi connectivity index (χ3v) is 5.53. The van der Waals surface area contributed by atoms with Gasteiger partial charge in [-0.05, 0) is 28.2 Å². The van der Waals surface area contributed by atoms with Crippen LogP contribution >= 0.6 is 0 Å².